The molecule has 5 nitrogen and oxygen atoms in total. The van der Waals surface area contributed by atoms with E-state index in [0.29, 0.717) is 12.0 Å². The lowest BCUT2D eigenvalue weighted by Gasteiger charge is -2.24. The lowest BCUT2D eigenvalue weighted by Crippen LogP contribution is -2.40. The Morgan fingerprint density at radius 2 is 2.09 bits per heavy atom. The minimum absolute atomic E-state index is 0.0714. The van der Waals surface area contributed by atoms with Gasteiger partial charge in [-0.25, -0.2) is 0 Å². The van der Waals surface area contributed by atoms with E-state index in [4.69, 9.17) is 0 Å². The topological polar surface area (TPSA) is 67.2 Å². The number of carbonyl (C=O) groups is 1. The van der Waals surface area contributed by atoms with Crippen molar-refractivity contribution in [1.29, 1.82) is 0 Å². The van der Waals surface area contributed by atoms with Gasteiger partial charge in [0, 0.05) is 18.8 Å². The van der Waals surface area contributed by atoms with Crippen molar-refractivity contribution in [2.75, 3.05) is 6.54 Å². The fourth-order valence-electron chi connectivity index (χ4n) is 2.44. The number of aryl methyl sites for hydroxylation is 1. The molecule has 1 amide bonds. The van der Waals surface area contributed by atoms with E-state index >= 15 is 0 Å². The molecule has 2 N–H and O–H groups in total. The third kappa shape index (κ3) is 3.74. The van der Waals surface area contributed by atoms with Gasteiger partial charge < -0.3 is 10.4 Å². The number of hydrogen-bond donors (Lipinski definition) is 2. The Labute approximate surface area is 131 Å². The van der Waals surface area contributed by atoms with Crippen LogP contribution in [0.2, 0.25) is 0 Å². The minimum atomic E-state index is -1.14. The Balaban J connectivity index is 2.02. The molecule has 2 aromatic rings. The van der Waals surface area contributed by atoms with E-state index in [1.807, 2.05) is 37.3 Å². The zero-order valence-electron chi connectivity index (χ0n) is 13.3. The summed E-state index contributed by atoms with van der Waals surface area (Å²) in [5, 5.41) is 17.4. The van der Waals surface area contributed by atoms with Gasteiger partial charge in [0.05, 0.1) is 18.7 Å². The molecular formula is C17H23N3O2. The summed E-state index contributed by atoms with van der Waals surface area (Å²) in [6.45, 7) is 3.81. The van der Waals surface area contributed by atoms with E-state index in [2.05, 4.69) is 10.4 Å². The number of aromatic nitrogens is 2. The molecule has 0 aliphatic heterocycles. The zero-order valence-corrected chi connectivity index (χ0v) is 13.3. The number of hydrogen-bond acceptors (Lipinski definition) is 3. The summed E-state index contributed by atoms with van der Waals surface area (Å²) >= 11 is 0. The van der Waals surface area contributed by atoms with Gasteiger partial charge in [-0.05, 0) is 18.9 Å². The van der Waals surface area contributed by atoms with E-state index in [0.717, 1.165) is 5.56 Å². The summed E-state index contributed by atoms with van der Waals surface area (Å²) in [6, 6.07) is 9.69. The van der Waals surface area contributed by atoms with Crippen molar-refractivity contribution in [1.82, 2.24) is 15.1 Å². The molecule has 0 saturated heterocycles. The molecule has 2 atom stereocenters. The molecule has 0 bridgehead atoms. The van der Waals surface area contributed by atoms with Crippen LogP contribution in [0.1, 0.15) is 37.3 Å². The number of carbonyl (C=O) groups excluding carboxylic acids is 1. The van der Waals surface area contributed by atoms with E-state index in [1.54, 1.807) is 31.0 Å². The van der Waals surface area contributed by atoms with E-state index < -0.39 is 5.60 Å². The van der Waals surface area contributed by atoms with Crippen molar-refractivity contribution in [2.24, 2.45) is 7.05 Å². The first-order valence-corrected chi connectivity index (χ1v) is 7.48. The molecule has 0 aliphatic carbocycles. The summed E-state index contributed by atoms with van der Waals surface area (Å²) in [4.78, 5) is 12.4. The van der Waals surface area contributed by atoms with Crippen LogP contribution in [0.4, 0.5) is 0 Å². The highest BCUT2D eigenvalue weighted by atomic mass is 16.3. The molecule has 118 valence electrons. The van der Waals surface area contributed by atoms with Crippen LogP contribution in [-0.4, -0.2) is 27.3 Å². The number of aliphatic hydroxyl groups is 1. The van der Waals surface area contributed by atoms with E-state index in [1.165, 1.54) is 0 Å². The number of nitrogens with one attached hydrogen (secondary N) is 1. The van der Waals surface area contributed by atoms with Crippen molar-refractivity contribution in [3.05, 3.63) is 53.9 Å². The summed E-state index contributed by atoms with van der Waals surface area (Å²) < 4.78 is 1.63. The van der Waals surface area contributed by atoms with Crippen LogP contribution < -0.4 is 5.32 Å². The molecule has 2 rings (SSSR count). The lowest BCUT2D eigenvalue weighted by atomic mass is 9.94. The lowest BCUT2D eigenvalue weighted by molar-refractivity contribution is -0.123. The van der Waals surface area contributed by atoms with Crippen LogP contribution in [0.15, 0.2) is 42.7 Å². The van der Waals surface area contributed by atoms with Gasteiger partial charge in [-0.1, -0.05) is 37.3 Å². The van der Waals surface area contributed by atoms with Crippen LogP contribution in [0.5, 0.6) is 0 Å². The molecule has 0 saturated carbocycles. The molecule has 1 aromatic heterocycles. The second-order valence-corrected chi connectivity index (χ2v) is 5.77. The summed E-state index contributed by atoms with van der Waals surface area (Å²) in [7, 11) is 1.79. The average molecular weight is 301 g/mol. The molecule has 5 heteroatoms. The number of nitrogens with zero attached hydrogens (tertiary/aromatic N) is 2. The highest BCUT2D eigenvalue weighted by Crippen LogP contribution is 2.21. The highest BCUT2D eigenvalue weighted by molar-refractivity contribution is 5.83. The zero-order chi connectivity index (χ0) is 16.2. The standard InChI is InChI=1S/C17H23N3O2/c1-4-15(13-8-6-5-7-9-13)16(21)18-12-17(2,22)14-10-19-20(3)11-14/h5-11,15,22H,4,12H2,1-3H3,(H,18,21). The quantitative estimate of drug-likeness (QED) is 0.857. The Morgan fingerprint density at radius 3 is 2.64 bits per heavy atom. The predicted octanol–water partition coefficient (Wildman–Crippen LogP) is 1.94. The first kappa shape index (κ1) is 16.2. The average Bonchev–Trinajstić information content (AvgIpc) is 2.95. The minimum Gasteiger partial charge on any atom is -0.383 e. The Kier molecular flexibility index (Phi) is 4.98. The highest BCUT2D eigenvalue weighted by Gasteiger charge is 2.27. The second kappa shape index (κ2) is 6.75. The third-order valence-corrected chi connectivity index (χ3v) is 3.86. The van der Waals surface area contributed by atoms with Gasteiger partial charge in [-0.15, -0.1) is 0 Å². The normalized spacial score (nSPS) is 15.1. The van der Waals surface area contributed by atoms with Crippen LogP contribution in [0.25, 0.3) is 0 Å². The first-order chi connectivity index (χ1) is 10.4. The largest absolute Gasteiger partial charge is 0.383 e. The molecule has 0 aliphatic rings. The van der Waals surface area contributed by atoms with Gasteiger partial charge >= 0.3 is 0 Å². The van der Waals surface area contributed by atoms with Gasteiger partial charge in [-0.2, -0.15) is 5.10 Å². The first-order valence-electron chi connectivity index (χ1n) is 7.48. The second-order valence-electron chi connectivity index (χ2n) is 5.77. The Bertz CT molecular complexity index is 620. The van der Waals surface area contributed by atoms with Crippen molar-refractivity contribution in [2.45, 2.75) is 31.8 Å². The van der Waals surface area contributed by atoms with Crippen LogP contribution in [-0.2, 0) is 17.4 Å². The fourth-order valence-corrected chi connectivity index (χ4v) is 2.44. The monoisotopic (exact) mass is 301 g/mol. The summed E-state index contributed by atoms with van der Waals surface area (Å²) in [5.41, 5.74) is 0.533. The maximum absolute atomic E-state index is 12.4. The van der Waals surface area contributed by atoms with Crippen LogP contribution in [0.3, 0.4) is 0 Å². The molecule has 0 fully saturated rings. The number of benzene rings is 1. The fraction of sp³-hybridized carbons (Fsp3) is 0.412. The van der Waals surface area contributed by atoms with E-state index in [9.17, 15) is 9.90 Å². The van der Waals surface area contributed by atoms with Crippen molar-refractivity contribution in [3.8, 4) is 0 Å². The Hall–Kier alpha value is -2.14. The van der Waals surface area contributed by atoms with Gasteiger partial charge in [0.2, 0.25) is 5.91 Å². The molecular weight excluding hydrogens is 278 g/mol. The van der Waals surface area contributed by atoms with Gasteiger partial charge in [0.25, 0.3) is 0 Å². The van der Waals surface area contributed by atoms with Crippen molar-refractivity contribution in [3.63, 3.8) is 0 Å². The molecule has 1 aromatic carbocycles. The smallest absolute Gasteiger partial charge is 0.227 e. The number of rotatable bonds is 6. The van der Waals surface area contributed by atoms with Gasteiger partial charge in [0.15, 0.2) is 0 Å². The van der Waals surface area contributed by atoms with Crippen LogP contribution in [0, 0.1) is 0 Å². The van der Waals surface area contributed by atoms with E-state index in [-0.39, 0.29) is 18.4 Å². The molecule has 0 radical (unpaired) electrons. The van der Waals surface area contributed by atoms with Crippen LogP contribution >= 0.6 is 0 Å². The van der Waals surface area contributed by atoms with Gasteiger partial charge in [-0.3, -0.25) is 9.48 Å². The predicted molar refractivity (Wildman–Crippen MR) is 85.3 cm³/mol. The molecule has 22 heavy (non-hydrogen) atoms. The number of amides is 1. The SMILES string of the molecule is CCC(C(=O)NCC(C)(O)c1cnn(C)c1)c1ccccc1. The maximum Gasteiger partial charge on any atom is 0.227 e. The summed E-state index contributed by atoms with van der Waals surface area (Å²) in [5.74, 6) is -0.274. The summed E-state index contributed by atoms with van der Waals surface area (Å²) in [6.07, 6.45) is 4.08. The molecule has 0 spiro atoms. The molecule has 1 heterocycles. The maximum atomic E-state index is 12.4. The van der Waals surface area contributed by atoms with Crippen molar-refractivity contribution < 1.29 is 9.90 Å². The van der Waals surface area contributed by atoms with Crippen molar-refractivity contribution >= 4 is 5.91 Å². The Morgan fingerprint density at radius 1 is 1.41 bits per heavy atom. The molecule has 2 unspecified atom stereocenters. The third-order valence-electron chi connectivity index (χ3n) is 3.86. The van der Waals surface area contributed by atoms with Gasteiger partial charge in [0.1, 0.15) is 5.60 Å².